The van der Waals surface area contributed by atoms with E-state index in [1.807, 2.05) is 35.0 Å². The van der Waals surface area contributed by atoms with Crippen LogP contribution in [0.4, 0.5) is 5.69 Å². The third-order valence-corrected chi connectivity index (χ3v) is 4.96. The molecule has 26 heavy (non-hydrogen) atoms. The van der Waals surface area contributed by atoms with E-state index in [1.54, 1.807) is 0 Å². The maximum atomic E-state index is 5.80. The molecular weight excluding hydrogens is 324 g/mol. The zero-order chi connectivity index (χ0) is 17.6. The Labute approximate surface area is 154 Å². The van der Waals surface area contributed by atoms with Crippen molar-refractivity contribution in [1.82, 2.24) is 14.5 Å². The van der Waals surface area contributed by atoms with Gasteiger partial charge in [-0.25, -0.2) is 4.52 Å². The summed E-state index contributed by atoms with van der Waals surface area (Å²) in [6.45, 7) is 6.39. The molecule has 5 nitrogen and oxygen atoms in total. The van der Waals surface area contributed by atoms with Crippen LogP contribution < -0.4 is 9.64 Å². The molecule has 4 rings (SSSR count). The van der Waals surface area contributed by atoms with Crippen molar-refractivity contribution in [3.63, 3.8) is 0 Å². The second kappa shape index (κ2) is 8.23. The summed E-state index contributed by atoms with van der Waals surface area (Å²) in [6, 6.07) is 18.7. The average molecular weight is 350 g/mol. The van der Waals surface area contributed by atoms with Gasteiger partial charge in [0.1, 0.15) is 0 Å². The normalized spacial score (nSPS) is 15.5. The van der Waals surface area contributed by atoms with Crippen molar-refractivity contribution in [3.05, 3.63) is 60.8 Å². The zero-order valence-corrected chi connectivity index (χ0v) is 15.1. The highest BCUT2D eigenvalue weighted by molar-refractivity contribution is 5.48. The molecule has 2 aromatic heterocycles. The highest BCUT2D eigenvalue weighted by Gasteiger charge is 2.16. The van der Waals surface area contributed by atoms with Gasteiger partial charge in [-0.3, -0.25) is 4.90 Å². The van der Waals surface area contributed by atoms with Crippen LogP contribution in [0.5, 0.6) is 5.88 Å². The predicted molar refractivity (Wildman–Crippen MR) is 105 cm³/mol. The summed E-state index contributed by atoms with van der Waals surface area (Å²) >= 11 is 0. The van der Waals surface area contributed by atoms with Crippen molar-refractivity contribution in [2.75, 3.05) is 44.2 Å². The van der Waals surface area contributed by atoms with E-state index in [9.17, 15) is 0 Å². The van der Waals surface area contributed by atoms with Gasteiger partial charge in [-0.1, -0.05) is 24.3 Å². The largest absolute Gasteiger partial charge is 0.477 e. The highest BCUT2D eigenvalue weighted by atomic mass is 16.5. The molecule has 1 saturated heterocycles. The highest BCUT2D eigenvalue weighted by Crippen LogP contribution is 2.16. The Bertz CT molecular complexity index is 776. The molecule has 5 heteroatoms. The number of hydrogen-bond donors (Lipinski definition) is 0. The molecule has 0 atom stereocenters. The van der Waals surface area contributed by atoms with E-state index in [4.69, 9.17) is 4.74 Å². The number of anilines is 1. The first-order valence-corrected chi connectivity index (χ1v) is 9.48. The molecule has 0 N–H and O–H groups in total. The van der Waals surface area contributed by atoms with Gasteiger partial charge in [0.05, 0.1) is 12.1 Å². The van der Waals surface area contributed by atoms with Crippen molar-refractivity contribution in [2.24, 2.45) is 0 Å². The topological polar surface area (TPSA) is 33.0 Å². The molecule has 0 bridgehead atoms. The quantitative estimate of drug-likeness (QED) is 0.612. The Morgan fingerprint density at radius 3 is 2.50 bits per heavy atom. The first kappa shape index (κ1) is 16.9. The number of ether oxygens (including phenoxy) is 1. The predicted octanol–water partition coefficient (Wildman–Crippen LogP) is 3.32. The summed E-state index contributed by atoms with van der Waals surface area (Å²) in [5.41, 5.74) is 2.41. The molecule has 136 valence electrons. The number of pyridine rings is 1. The number of nitrogens with zero attached hydrogens (tertiary/aromatic N) is 4. The van der Waals surface area contributed by atoms with Gasteiger partial charge in [-0.2, -0.15) is 0 Å². The van der Waals surface area contributed by atoms with Gasteiger partial charge in [0.2, 0.25) is 5.88 Å². The number of benzene rings is 1. The van der Waals surface area contributed by atoms with E-state index in [0.29, 0.717) is 5.88 Å². The van der Waals surface area contributed by atoms with Crippen molar-refractivity contribution in [1.29, 1.82) is 0 Å². The third kappa shape index (κ3) is 4.17. The van der Waals surface area contributed by atoms with Crippen molar-refractivity contribution >= 4 is 11.2 Å². The van der Waals surface area contributed by atoms with Crippen LogP contribution in [-0.2, 0) is 0 Å². The molecule has 1 aromatic carbocycles. The minimum atomic E-state index is 0.715. The Morgan fingerprint density at radius 2 is 1.69 bits per heavy atom. The third-order valence-electron chi connectivity index (χ3n) is 4.96. The molecule has 0 unspecified atom stereocenters. The standard InChI is InChI=1S/C21H26N4O/c1-2-8-19(9-3-1)24-15-13-23(14-16-24)11-6-7-17-26-21-18-20-10-4-5-12-25(20)22-21/h1-5,8-10,12,18H,6-7,11,13-17H2. The van der Waals surface area contributed by atoms with Crippen LogP contribution in [0.3, 0.4) is 0 Å². The van der Waals surface area contributed by atoms with Crippen LogP contribution in [0.15, 0.2) is 60.8 Å². The molecule has 0 radical (unpaired) electrons. The van der Waals surface area contributed by atoms with E-state index in [2.05, 4.69) is 45.2 Å². The SMILES string of the molecule is c1ccc(N2CCN(CCCCOc3cc4ccccn4n3)CC2)cc1. The minimum Gasteiger partial charge on any atom is -0.477 e. The van der Waals surface area contributed by atoms with E-state index in [1.165, 1.54) is 12.1 Å². The van der Waals surface area contributed by atoms with E-state index >= 15 is 0 Å². The Kier molecular flexibility index (Phi) is 5.36. The van der Waals surface area contributed by atoms with Crippen LogP contribution in [-0.4, -0.2) is 53.8 Å². The first-order valence-electron chi connectivity index (χ1n) is 9.48. The Balaban J connectivity index is 1.13. The molecule has 0 saturated carbocycles. The van der Waals surface area contributed by atoms with Crippen LogP contribution in [0.2, 0.25) is 0 Å². The smallest absolute Gasteiger partial charge is 0.233 e. The monoisotopic (exact) mass is 350 g/mol. The molecule has 0 aliphatic carbocycles. The van der Waals surface area contributed by atoms with Crippen molar-refractivity contribution in [3.8, 4) is 5.88 Å². The molecule has 0 amide bonds. The van der Waals surface area contributed by atoms with Crippen LogP contribution in [0.1, 0.15) is 12.8 Å². The fraction of sp³-hybridized carbons (Fsp3) is 0.381. The Hall–Kier alpha value is -2.53. The van der Waals surface area contributed by atoms with Gasteiger partial charge < -0.3 is 9.64 Å². The number of piperazine rings is 1. The van der Waals surface area contributed by atoms with E-state index < -0.39 is 0 Å². The minimum absolute atomic E-state index is 0.715. The fourth-order valence-electron chi connectivity index (χ4n) is 3.47. The van der Waals surface area contributed by atoms with Crippen molar-refractivity contribution < 1.29 is 4.74 Å². The van der Waals surface area contributed by atoms with Crippen molar-refractivity contribution in [2.45, 2.75) is 12.8 Å². The zero-order valence-electron chi connectivity index (χ0n) is 15.1. The van der Waals surface area contributed by atoms with Gasteiger partial charge in [-0.05, 0) is 43.7 Å². The van der Waals surface area contributed by atoms with Gasteiger partial charge in [0.15, 0.2) is 0 Å². The number of rotatable bonds is 7. The van der Waals surface area contributed by atoms with Gasteiger partial charge in [-0.15, -0.1) is 5.10 Å². The molecule has 1 fully saturated rings. The summed E-state index contributed by atoms with van der Waals surface area (Å²) in [7, 11) is 0. The van der Waals surface area contributed by atoms with Gasteiger partial charge in [0.25, 0.3) is 0 Å². The summed E-state index contributed by atoms with van der Waals surface area (Å²) in [6.07, 6.45) is 4.17. The maximum Gasteiger partial charge on any atom is 0.233 e. The van der Waals surface area contributed by atoms with Gasteiger partial charge in [0, 0.05) is 44.1 Å². The van der Waals surface area contributed by atoms with E-state index in [0.717, 1.165) is 51.3 Å². The maximum absolute atomic E-state index is 5.80. The molecule has 1 aliphatic heterocycles. The number of fused-ring (bicyclic) bond motifs is 1. The van der Waals surface area contributed by atoms with Gasteiger partial charge >= 0.3 is 0 Å². The number of aromatic nitrogens is 2. The number of hydrogen-bond acceptors (Lipinski definition) is 4. The molecule has 3 heterocycles. The number of para-hydroxylation sites is 1. The lowest BCUT2D eigenvalue weighted by Crippen LogP contribution is -2.46. The first-order chi connectivity index (χ1) is 12.9. The fourth-order valence-corrected chi connectivity index (χ4v) is 3.47. The van der Waals surface area contributed by atoms with Crippen LogP contribution >= 0.6 is 0 Å². The lowest BCUT2D eigenvalue weighted by Gasteiger charge is -2.36. The summed E-state index contributed by atoms with van der Waals surface area (Å²) in [5.74, 6) is 0.715. The molecule has 0 spiro atoms. The summed E-state index contributed by atoms with van der Waals surface area (Å²) in [5, 5.41) is 4.42. The molecule has 3 aromatic rings. The number of unbranched alkanes of at least 4 members (excludes halogenated alkanes) is 1. The molecular formula is C21H26N4O. The summed E-state index contributed by atoms with van der Waals surface area (Å²) in [4.78, 5) is 5.04. The lowest BCUT2D eigenvalue weighted by molar-refractivity contribution is 0.236. The average Bonchev–Trinajstić information content (AvgIpc) is 3.12. The second-order valence-corrected chi connectivity index (χ2v) is 6.77. The van der Waals surface area contributed by atoms with E-state index in [-0.39, 0.29) is 0 Å². The lowest BCUT2D eigenvalue weighted by atomic mass is 10.2. The Morgan fingerprint density at radius 1 is 0.885 bits per heavy atom. The summed E-state index contributed by atoms with van der Waals surface area (Å²) < 4.78 is 7.65. The van der Waals surface area contributed by atoms with Crippen LogP contribution in [0, 0.1) is 0 Å². The van der Waals surface area contributed by atoms with Crippen LogP contribution in [0.25, 0.3) is 5.52 Å². The second-order valence-electron chi connectivity index (χ2n) is 6.77. The molecule has 1 aliphatic rings.